The maximum atomic E-state index is 5.34. The molecule has 0 radical (unpaired) electrons. The minimum absolute atomic E-state index is 0.589. The van der Waals surface area contributed by atoms with Crippen molar-refractivity contribution in [1.82, 2.24) is 29.9 Å². The van der Waals surface area contributed by atoms with Gasteiger partial charge in [0.2, 0.25) is 0 Å². The molecule has 2 aliphatic carbocycles. The number of benzene rings is 17. The van der Waals surface area contributed by atoms with Crippen LogP contribution in [0.3, 0.4) is 0 Å². The standard InChI is InChI=1S/C100H60N6/c1-4-20-63(21-5-1)95-101-96(64-22-6-2-7-23-64)103-98(102-95)66-44-40-61(41-45-66)89-60-76-55-71(48-49-72(76)58-91(89)74-30-17-29-73(56-74)77-50-52-87-80-34-14-12-32-78(80)84-37-18-36-83(77)93(84)87)68-28-16-31-75(54-68)100-105-97(65-24-8-3-9-25-65)104-99(106-100)67-46-42-62(43-47-67)90-57-69-26-10-11-27-70(69)59-92(90)82-51-53-88-81-35-15-13-33-79(81)85-38-19-39-86(82)94(85)88/h1-60H. The SMILES string of the molecule is c1ccc(-c2nc(-c3ccccc3)nc(-c3ccc(-c4cc5cc(-c6cccc(-c7nc(-c8ccccc8)nc(-c8ccc(-c9cc%10ccccc%10cc9-c9ccc%10c%11c(cccc9%11)-c9ccccc9-%10)cc8)n7)c6)ccc5cc4-c4cccc(-c5ccc6c7c(cccc57)-c5ccccc5-6)c4)cc3)n2)cc1. The minimum atomic E-state index is 0.589. The van der Waals surface area contributed by atoms with Gasteiger partial charge in [-0.25, -0.2) is 29.9 Å². The molecule has 19 aromatic rings. The molecule has 2 aromatic heterocycles. The Hall–Kier alpha value is -14.2. The molecule has 0 fully saturated rings. The van der Waals surface area contributed by atoms with Crippen molar-refractivity contribution in [1.29, 1.82) is 0 Å². The molecule has 0 saturated heterocycles. The van der Waals surface area contributed by atoms with E-state index in [2.05, 4.69) is 285 Å². The van der Waals surface area contributed by atoms with Crippen LogP contribution in [0.4, 0.5) is 0 Å². The second-order valence-electron chi connectivity index (χ2n) is 27.6. The van der Waals surface area contributed by atoms with Crippen molar-refractivity contribution in [2.45, 2.75) is 0 Å². The average molecular weight is 1350 g/mol. The lowest BCUT2D eigenvalue weighted by Crippen LogP contribution is -2.00. The van der Waals surface area contributed by atoms with Gasteiger partial charge < -0.3 is 0 Å². The quantitative estimate of drug-likeness (QED) is 0.121. The summed E-state index contributed by atoms with van der Waals surface area (Å²) in [5, 5.41) is 9.74. The highest BCUT2D eigenvalue weighted by molar-refractivity contribution is 6.21. The summed E-state index contributed by atoms with van der Waals surface area (Å²) in [4.78, 5) is 31.0. The molecule has 2 aliphatic rings. The Morgan fingerprint density at radius 2 is 0.406 bits per heavy atom. The molecule has 106 heavy (non-hydrogen) atoms. The monoisotopic (exact) mass is 1340 g/mol. The van der Waals surface area contributed by atoms with E-state index in [0.717, 1.165) is 94.2 Å². The normalized spacial score (nSPS) is 11.8. The van der Waals surface area contributed by atoms with Gasteiger partial charge in [-0.2, -0.15) is 0 Å². The van der Waals surface area contributed by atoms with Crippen molar-refractivity contribution >= 4 is 43.1 Å². The van der Waals surface area contributed by atoms with Crippen molar-refractivity contribution in [3.63, 3.8) is 0 Å². The Labute approximate surface area is 612 Å². The van der Waals surface area contributed by atoms with E-state index in [-0.39, 0.29) is 0 Å². The summed E-state index contributed by atoms with van der Waals surface area (Å²) in [5.74, 6) is 3.64. The largest absolute Gasteiger partial charge is 0.208 e. The van der Waals surface area contributed by atoms with Gasteiger partial charge in [0.15, 0.2) is 34.9 Å². The van der Waals surface area contributed by atoms with Crippen LogP contribution < -0.4 is 0 Å². The van der Waals surface area contributed by atoms with E-state index in [1.165, 1.54) is 93.5 Å². The van der Waals surface area contributed by atoms with Crippen molar-refractivity contribution in [2.75, 3.05) is 0 Å². The molecule has 0 N–H and O–H groups in total. The van der Waals surface area contributed by atoms with Gasteiger partial charge in [-0.05, 0) is 197 Å². The fourth-order valence-corrected chi connectivity index (χ4v) is 16.3. The van der Waals surface area contributed by atoms with Crippen molar-refractivity contribution in [2.24, 2.45) is 0 Å². The number of nitrogens with zero attached hydrogens (tertiary/aromatic N) is 6. The Balaban J connectivity index is 0.658. The summed E-state index contributed by atoms with van der Waals surface area (Å²) in [7, 11) is 0. The van der Waals surface area contributed by atoms with Crippen LogP contribution in [0.2, 0.25) is 0 Å². The van der Waals surface area contributed by atoms with E-state index in [1.54, 1.807) is 0 Å². The van der Waals surface area contributed by atoms with Crippen LogP contribution >= 0.6 is 0 Å². The molecule has 0 spiro atoms. The highest BCUT2D eigenvalue weighted by atomic mass is 15.0. The van der Waals surface area contributed by atoms with Crippen LogP contribution in [-0.4, -0.2) is 29.9 Å². The third-order valence-corrected chi connectivity index (χ3v) is 21.5. The fraction of sp³-hybridized carbons (Fsp3) is 0. The second kappa shape index (κ2) is 24.8. The summed E-state index contributed by atoms with van der Waals surface area (Å²) < 4.78 is 0. The average Bonchev–Trinajstić information content (AvgIpc) is 1.56. The van der Waals surface area contributed by atoms with E-state index in [0.29, 0.717) is 34.9 Å². The number of fused-ring (bicyclic) bond motifs is 8. The van der Waals surface area contributed by atoms with E-state index >= 15 is 0 Å². The number of hydrogen-bond acceptors (Lipinski definition) is 6. The van der Waals surface area contributed by atoms with Crippen molar-refractivity contribution in [3.05, 3.63) is 364 Å². The lowest BCUT2D eigenvalue weighted by Gasteiger charge is -2.16. The summed E-state index contributed by atoms with van der Waals surface area (Å²) >= 11 is 0. The Kier molecular flexibility index (Phi) is 14.2. The molecule has 21 rings (SSSR count). The molecule has 17 aromatic carbocycles. The van der Waals surface area contributed by atoms with E-state index in [4.69, 9.17) is 29.9 Å². The number of aromatic nitrogens is 6. The highest BCUT2D eigenvalue weighted by Gasteiger charge is 2.26. The Morgan fingerprint density at radius 1 is 0.123 bits per heavy atom. The van der Waals surface area contributed by atoms with Gasteiger partial charge in [0.25, 0.3) is 0 Å². The predicted molar refractivity (Wildman–Crippen MR) is 437 cm³/mol. The van der Waals surface area contributed by atoms with Gasteiger partial charge in [0, 0.05) is 33.4 Å². The van der Waals surface area contributed by atoms with Gasteiger partial charge in [0.05, 0.1) is 0 Å². The Bertz CT molecular complexity index is 6670. The van der Waals surface area contributed by atoms with Crippen LogP contribution in [0.1, 0.15) is 0 Å². The molecule has 2 heterocycles. The maximum absolute atomic E-state index is 5.34. The first-order valence-corrected chi connectivity index (χ1v) is 36.0. The van der Waals surface area contributed by atoms with Crippen LogP contribution in [-0.2, 0) is 0 Å². The lowest BCUT2D eigenvalue weighted by molar-refractivity contribution is 1.07. The first-order valence-electron chi connectivity index (χ1n) is 36.0. The first-order chi connectivity index (χ1) is 52.5. The van der Waals surface area contributed by atoms with Gasteiger partial charge in [-0.1, -0.05) is 322 Å². The van der Waals surface area contributed by atoms with Crippen LogP contribution in [0, 0.1) is 0 Å². The van der Waals surface area contributed by atoms with Crippen LogP contribution in [0.25, 0.3) is 223 Å². The Morgan fingerprint density at radius 3 is 0.906 bits per heavy atom. The lowest BCUT2D eigenvalue weighted by atomic mass is 9.87. The summed E-state index contributed by atoms with van der Waals surface area (Å²) in [6.45, 7) is 0. The highest BCUT2D eigenvalue weighted by Crippen LogP contribution is 2.53. The van der Waals surface area contributed by atoms with E-state index in [1.807, 2.05) is 78.9 Å². The minimum Gasteiger partial charge on any atom is -0.208 e. The maximum Gasteiger partial charge on any atom is 0.164 e. The number of rotatable bonds is 12. The van der Waals surface area contributed by atoms with Crippen LogP contribution in [0.15, 0.2) is 364 Å². The molecule has 0 amide bonds. The van der Waals surface area contributed by atoms with Gasteiger partial charge in [0.1, 0.15) is 0 Å². The molecule has 0 atom stereocenters. The fourth-order valence-electron chi connectivity index (χ4n) is 16.3. The van der Waals surface area contributed by atoms with Gasteiger partial charge in [-0.15, -0.1) is 0 Å². The summed E-state index contributed by atoms with van der Waals surface area (Å²) in [6.07, 6.45) is 0. The molecule has 0 unspecified atom stereocenters. The third kappa shape index (κ3) is 10.3. The van der Waals surface area contributed by atoms with Gasteiger partial charge >= 0.3 is 0 Å². The molecule has 0 saturated carbocycles. The topological polar surface area (TPSA) is 77.3 Å². The van der Waals surface area contributed by atoms with E-state index < -0.39 is 0 Å². The molecular weight excluding hydrogens is 1290 g/mol. The first kappa shape index (κ1) is 60.6. The molecule has 0 aliphatic heterocycles. The van der Waals surface area contributed by atoms with Crippen molar-refractivity contribution < 1.29 is 0 Å². The predicted octanol–water partition coefficient (Wildman–Crippen LogP) is 26.0. The molecular formula is C100H60N6. The zero-order chi connectivity index (χ0) is 69.8. The zero-order valence-electron chi connectivity index (χ0n) is 57.3. The smallest absolute Gasteiger partial charge is 0.164 e. The van der Waals surface area contributed by atoms with Crippen molar-refractivity contribution in [3.8, 4) is 180 Å². The van der Waals surface area contributed by atoms with Gasteiger partial charge in [-0.3, -0.25) is 0 Å². The molecule has 490 valence electrons. The summed E-state index contributed by atoms with van der Waals surface area (Å²) in [6, 6.07) is 131. The molecule has 6 heteroatoms. The zero-order valence-corrected chi connectivity index (χ0v) is 57.3. The molecule has 0 bridgehead atoms. The third-order valence-electron chi connectivity index (χ3n) is 21.5. The van der Waals surface area contributed by atoms with Crippen LogP contribution in [0.5, 0.6) is 0 Å². The molecule has 6 nitrogen and oxygen atoms in total. The second-order valence-corrected chi connectivity index (χ2v) is 27.6. The summed E-state index contributed by atoms with van der Waals surface area (Å²) in [5.41, 5.74) is 29.3. The van der Waals surface area contributed by atoms with E-state index in [9.17, 15) is 0 Å². The number of hydrogen-bond donors (Lipinski definition) is 0.